The summed E-state index contributed by atoms with van der Waals surface area (Å²) in [6.45, 7) is 3.57. The lowest BCUT2D eigenvalue weighted by atomic mass is 10.2. The number of hydrogen-bond acceptors (Lipinski definition) is 9. The third-order valence-corrected chi connectivity index (χ3v) is 6.30. The topological polar surface area (TPSA) is 125 Å². The highest BCUT2D eigenvalue weighted by Crippen LogP contribution is 2.27. The molecule has 2 aromatic heterocycles. The van der Waals surface area contributed by atoms with E-state index in [1.165, 1.54) is 16.3 Å². The third kappa shape index (κ3) is 5.29. The number of anilines is 2. The molecule has 0 aliphatic heterocycles. The number of carbonyl (C=O) groups is 2. The zero-order valence-electron chi connectivity index (χ0n) is 16.2. The minimum absolute atomic E-state index is 0.100. The van der Waals surface area contributed by atoms with Crippen molar-refractivity contribution >= 4 is 57.7 Å². The van der Waals surface area contributed by atoms with Gasteiger partial charge in [-0.1, -0.05) is 52.9 Å². The number of amides is 1. The molecule has 0 aliphatic rings. The summed E-state index contributed by atoms with van der Waals surface area (Å²) < 4.78 is 6.49. The summed E-state index contributed by atoms with van der Waals surface area (Å²) in [7, 11) is 0. The van der Waals surface area contributed by atoms with Crippen LogP contribution >= 0.6 is 34.7 Å². The number of nitrogens with zero attached hydrogens (tertiary/aromatic N) is 4. The van der Waals surface area contributed by atoms with Crippen LogP contribution in [0.1, 0.15) is 27.9 Å². The van der Waals surface area contributed by atoms with E-state index in [4.69, 9.17) is 22.1 Å². The summed E-state index contributed by atoms with van der Waals surface area (Å²) in [5.74, 6) is -0.164. The first-order valence-electron chi connectivity index (χ1n) is 8.88. The highest BCUT2D eigenvalue weighted by Gasteiger charge is 2.19. The van der Waals surface area contributed by atoms with Crippen LogP contribution in [0.15, 0.2) is 29.4 Å². The molecule has 12 heteroatoms. The van der Waals surface area contributed by atoms with Crippen molar-refractivity contribution in [3.8, 4) is 0 Å². The van der Waals surface area contributed by atoms with Gasteiger partial charge in [0.15, 0.2) is 10.3 Å². The molecule has 0 radical (unpaired) electrons. The van der Waals surface area contributed by atoms with E-state index < -0.39 is 5.97 Å². The van der Waals surface area contributed by atoms with Gasteiger partial charge < -0.3 is 15.8 Å². The Morgan fingerprint density at radius 3 is 2.83 bits per heavy atom. The van der Waals surface area contributed by atoms with Crippen molar-refractivity contribution in [1.82, 2.24) is 19.7 Å². The summed E-state index contributed by atoms with van der Waals surface area (Å²) >= 11 is 8.61. The van der Waals surface area contributed by atoms with Gasteiger partial charge >= 0.3 is 5.97 Å². The van der Waals surface area contributed by atoms with Crippen molar-refractivity contribution in [3.63, 3.8) is 0 Å². The quantitative estimate of drug-likeness (QED) is 0.382. The lowest BCUT2D eigenvalue weighted by Gasteiger charge is -2.08. The van der Waals surface area contributed by atoms with E-state index in [1.807, 2.05) is 24.3 Å². The summed E-state index contributed by atoms with van der Waals surface area (Å²) in [4.78, 5) is 29.0. The number of ether oxygens (including phenoxy) is 1. The van der Waals surface area contributed by atoms with E-state index in [-0.39, 0.29) is 25.0 Å². The largest absolute Gasteiger partial charge is 0.462 e. The molecule has 0 fully saturated rings. The minimum Gasteiger partial charge on any atom is -0.462 e. The third-order valence-electron chi connectivity index (χ3n) is 3.87. The van der Waals surface area contributed by atoms with E-state index in [1.54, 1.807) is 13.8 Å². The molecule has 3 aromatic rings. The second kappa shape index (κ2) is 9.92. The summed E-state index contributed by atoms with van der Waals surface area (Å²) in [6, 6.07) is 7.48. The van der Waals surface area contributed by atoms with Gasteiger partial charge in [-0.15, -0.1) is 10.2 Å². The molecular weight excluding hydrogens is 448 g/mol. The number of carbonyl (C=O) groups excluding carboxylic acids is 2. The predicted molar refractivity (Wildman–Crippen MR) is 117 cm³/mol. The van der Waals surface area contributed by atoms with Gasteiger partial charge in [0.05, 0.1) is 12.3 Å². The number of nitrogen functional groups attached to an aromatic ring is 1. The van der Waals surface area contributed by atoms with Gasteiger partial charge in [0.1, 0.15) is 11.4 Å². The Hall–Kier alpha value is -2.63. The van der Waals surface area contributed by atoms with Crippen LogP contribution < -0.4 is 11.1 Å². The molecule has 0 spiro atoms. The molecule has 0 saturated carbocycles. The number of aryl methyl sites for hydroxylation is 1. The van der Waals surface area contributed by atoms with Gasteiger partial charge in [0.2, 0.25) is 11.9 Å². The van der Waals surface area contributed by atoms with Crippen molar-refractivity contribution < 1.29 is 14.3 Å². The van der Waals surface area contributed by atoms with E-state index in [2.05, 4.69) is 20.5 Å². The second-order valence-corrected chi connectivity index (χ2v) is 8.36. The number of nitrogens with one attached hydrogen (secondary N) is 1. The Kier molecular flexibility index (Phi) is 7.29. The molecule has 0 atom stereocenters. The van der Waals surface area contributed by atoms with Crippen molar-refractivity contribution in [3.05, 3.63) is 45.4 Å². The van der Waals surface area contributed by atoms with Gasteiger partial charge in [0.25, 0.3) is 0 Å². The summed E-state index contributed by atoms with van der Waals surface area (Å²) in [5, 5.41) is 12.0. The number of benzene rings is 1. The number of halogens is 1. The lowest BCUT2D eigenvalue weighted by molar-refractivity contribution is -0.116. The maximum atomic E-state index is 12.5. The van der Waals surface area contributed by atoms with Crippen molar-refractivity contribution in [2.45, 2.75) is 31.3 Å². The van der Waals surface area contributed by atoms with E-state index >= 15 is 0 Å². The first-order chi connectivity index (χ1) is 14.4. The average Bonchev–Trinajstić information content (AvgIpc) is 3.24. The van der Waals surface area contributed by atoms with Crippen LogP contribution in [0.2, 0.25) is 5.02 Å². The fraction of sp³-hybridized carbons (Fsp3) is 0.278. The fourth-order valence-electron chi connectivity index (χ4n) is 2.45. The first kappa shape index (κ1) is 22.1. The second-order valence-electron chi connectivity index (χ2n) is 6.01. The standard InChI is InChI=1S/C18H19ClN6O3S2/c1-3-28-15(27)14-10(2)21-17(30-14)22-13(26)8-25-16(20)23-24-18(25)29-9-11-6-4-5-7-12(11)19/h4-7H,3,8-9H2,1-2H3,(H2,20,23)(H,21,22,26). The normalized spacial score (nSPS) is 10.8. The molecular formula is C18H19ClN6O3S2. The molecule has 1 amide bonds. The van der Waals surface area contributed by atoms with Crippen LogP contribution in [0.4, 0.5) is 11.1 Å². The van der Waals surface area contributed by atoms with E-state index in [0.717, 1.165) is 16.9 Å². The Balaban J connectivity index is 1.66. The Morgan fingerprint density at radius 1 is 1.33 bits per heavy atom. The van der Waals surface area contributed by atoms with Crippen molar-refractivity contribution in [2.75, 3.05) is 17.7 Å². The van der Waals surface area contributed by atoms with Crippen molar-refractivity contribution in [2.24, 2.45) is 0 Å². The van der Waals surface area contributed by atoms with Crippen LogP contribution in [0.25, 0.3) is 0 Å². The zero-order valence-corrected chi connectivity index (χ0v) is 18.6. The molecule has 30 heavy (non-hydrogen) atoms. The minimum atomic E-state index is -0.464. The maximum Gasteiger partial charge on any atom is 0.350 e. The van der Waals surface area contributed by atoms with Gasteiger partial charge in [-0.3, -0.25) is 9.36 Å². The molecule has 0 unspecified atom stereocenters. The van der Waals surface area contributed by atoms with Crippen LogP contribution in [-0.2, 0) is 21.8 Å². The molecule has 158 valence electrons. The highest BCUT2D eigenvalue weighted by atomic mass is 35.5. The van der Waals surface area contributed by atoms with Gasteiger partial charge in [-0.25, -0.2) is 9.78 Å². The number of aromatic nitrogens is 4. The molecule has 0 saturated heterocycles. The molecule has 9 nitrogen and oxygen atoms in total. The lowest BCUT2D eigenvalue weighted by Crippen LogP contribution is -2.20. The maximum absolute atomic E-state index is 12.5. The van der Waals surface area contributed by atoms with Crippen LogP contribution in [0.3, 0.4) is 0 Å². The van der Waals surface area contributed by atoms with Gasteiger partial charge in [-0.2, -0.15) is 0 Å². The molecule has 1 aromatic carbocycles. The number of thioether (sulfide) groups is 1. The van der Waals surface area contributed by atoms with Crippen LogP contribution in [-0.4, -0.2) is 38.2 Å². The number of esters is 1. The van der Waals surface area contributed by atoms with Crippen molar-refractivity contribution in [1.29, 1.82) is 0 Å². The number of hydrogen-bond donors (Lipinski definition) is 2. The Morgan fingerprint density at radius 2 is 2.10 bits per heavy atom. The molecule has 0 aliphatic carbocycles. The Labute approximate surface area is 186 Å². The monoisotopic (exact) mass is 466 g/mol. The molecule has 2 heterocycles. The molecule has 3 N–H and O–H groups in total. The smallest absolute Gasteiger partial charge is 0.350 e. The van der Waals surface area contributed by atoms with Gasteiger partial charge in [0, 0.05) is 10.8 Å². The van der Waals surface area contributed by atoms with E-state index in [9.17, 15) is 9.59 Å². The predicted octanol–water partition coefficient (Wildman–Crippen LogP) is 3.39. The SMILES string of the molecule is CCOC(=O)c1sc(NC(=O)Cn2c(N)nnc2SCc2ccccc2Cl)nc1C. The average molecular weight is 467 g/mol. The van der Waals surface area contributed by atoms with Gasteiger partial charge in [-0.05, 0) is 25.5 Å². The Bertz CT molecular complexity index is 1070. The highest BCUT2D eigenvalue weighted by molar-refractivity contribution is 7.98. The number of rotatable bonds is 8. The molecule has 0 bridgehead atoms. The van der Waals surface area contributed by atoms with Crippen LogP contribution in [0.5, 0.6) is 0 Å². The van der Waals surface area contributed by atoms with E-state index in [0.29, 0.717) is 31.6 Å². The summed E-state index contributed by atoms with van der Waals surface area (Å²) in [6.07, 6.45) is 0. The van der Waals surface area contributed by atoms with Crippen LogP contribution in [0, 0.1) is 6.92 Å². The first-order valence-corrected chi connectivity index (χ1v) is 11.1. The number of thiazole rings is 1. The zero-order chi connectivity index (χ0) is 21.7. The fourth-order valence-corrected chi connectivity index (χ4v) is 4.56. The number of nitrogens with two attached hydrogens (primary N) is 1. The molecule has 3 rings (SSSR count). The summed E-state index contributed by atoms with van der Waals surface area (Å²) in [5.41, 5.74) is 7.31.